The molecule has 1 saturated heterocycles. The van der Waals surface area contributed by atoms with Crippen LogP contribution in [-0.2, 0) is 6.54 Å². The third-order valence-electron chi connectivity index (χ3n) is 4.75. The summed E-state index contributed by atoms with van der Waals surface area (Å²) >= 11 is 12.0. The van der Waals surface area contributed by atoms with Gasteiger partial charge in [-0.25, -0.2) is 0 Å². The Morgan fingerprint density at radius 3 is 2.38 bits per heavy atom. The van der Waals surface area contributed by atoms with Gasteiger partial charge >= 0.3 is 0 Å². The molecular weight excluding hydrogens is 307 g/mol. The van der Waals surface area contributed by atoms with Gasteiger partial charge in [0.05, 0.1) is 5.02 Å². The molecule has 1 aromatic carbocycles. The van der Waals surface area contributed by atoms with Gasteiger partial charge in [-0.2, -0.15) is 0 Å². The summed E-state index contributed by atoms with van der Waals surface area (Å²) in [5.41, 5.74) is 0.821. The van der Waals surface area contributed by atoms with Crippen LogP contribution < -0.4 is 0 Å². The van der Waals surface area contributed by atoms with E-state index in [2.05, 4.69) is 9.80 Å². The molecule has 0 aromatic heterocycles. The van der Waals surface area contributed by atoms with E-state index >= 15 is 0 Å². The normalized spacial score (nSPS) is 22.0. The molecular formula is C16H22Cl2N2O. The fraction of sp³-hybridized carbons (Fsp3) is 0.625. The van der Waals surface area contributed by atoms with Crippen molar-refractivity contribution in [2.24, 2.45) is 0 Å². The Morgan fingerprint density at radius 2 is 1.71 bits per heavy atom. The second-order valence-corrected chi connectivity index (χ2v) is 6.99. The number of phenols is 1. The fourth-order valence-corrected chi connectivity index (χ4v) is 4.07. The number of nitrogens with zero attached hydrogens (tertiary/aromatic N) is 2. The molecule has 116 valence electrons. The Hall–Kier alpha value is -0.480. The van der Waals surface area contributed by atoms with Gasteiger partial charge in [0.15, 0.2) is 0 Å². The minimum atomic E-state index is 0.166. The third-order valence-corrected chi connectivity index (χ3v) is 5.26. The molecule has 1 saturated carbocycles. The van der Waals surface area contributed by atoms with Crippen LogP contribution in [0.4, 0.5) is 0 Å². The molecule has 1 N–H and O–H groups in total. The number of benzene rings is 1. The van der Waals surface area contributed by atoms with Crippen LogP contribution in [0.3, 0.4) is 0 Å². The summed E-state index contributed by atoms with van der Waals surface area (Å²) in [4.78, 5) is 5.00. The second kappa shape index (κ2) is 6.74. The summed E-state index contributed by atoms with van der Waals surface area (Å²) in [7, 11) is 0. The molecule has 0 unspecified atom stereocenters. The largest absolute Gasteiger partial charge is 0.506 e. The Kier molecular flexibility index (Phi) is 4.95. The molecule has 1 aliphatic heterocycles. The Balaban J connectivity index is 1.58. The van der Waals surface area contributed by atoms with Crippen LogP contribution in [0.5, 0.6) is 5.75 Å². The Morgan fingerprint density at radius 1 is 1.05 bits per heavy atom. The van der Waals surface area contributed by atoms with Crippen molar-refractivity contribution in [1.82, 2.24) is 9.80 Å². The molecule has 1 aromatic rings. The van der Waals surface area contributed by atoms with Crippen LogP contribution in [0.1, 0.15) is 31.2 Å². The molecule has 0 spiro atoms. The molecule has 1 aliphatic carbocycles. The third kappa shape index (κ3) is 3.65. The van der Waals surface area contributed by atoms with E-state index < -0.39 is 0 Å². The highest BCUT2D eigenvalue weighted by Gasteiger charge is 2.26. The zero-order chi connectivity index (χ0) is 14.8. The standard InChI is InChI=1S/C16H22Cl2N2O/c17-13-9-12(16(21)15(18)10-13)11-19-5-7-20(8-6-19)14-3-1-2-4-14/h9-10,14,21H,1-8,11H2. The molecule has 21 heavy (non-hydrogen) atoms. The Bertz CT molecular complexity index is 495. The van der Waals surface area contributed by atoms with Gasteiger partial charge in [0.1, 0.15) is 5.75 Å². The average molecular weight is 329 g/mol. The summed E-state index contributed by atoms with van der Waals surface area (Å²) in [5, 5.41) is 11.0. The van der Waals surface area contributed by atoms with Gasteiger partial charge in [-0.3, -0.25) is 9.80 Å². The highest BCUT2D eigenvalue weighted by Crippen LogP contribution is 2.32. The maximum Gasteiger partial charge on any atom is 0.138 e. The van der Waals surface area contributed by atoms with E-state index in [-0.39, 0.29) is 5.75 Å². The van der Waals surface area contributed by atoms with E-state index in [4.69, 9.17) is 23.2 Å². The maximum absolute atomic E-state index is 10.0. The van der Waals surface area contributed by atoms with Gasteiger partial charge in [0, 0.05) is 49.4 Å². The lowest BCUT2D eigenvalue weighted by Gasteiger charge is -2.38. The molecule has 0 atom stereocenters. The first kappa shape index (κ1) is 15.4. The highest BCUT2D eigenvalue weighted by atomic mass is 35.5. The first-order valence-corrected chi connectivity index (χ1v) is 8.52. The molecule has 5 heteroatoms. The topological polar surface area (TPSA) is 26.7 Å². The van der Waals surface area contributed by atoms with Crippen molar-refractivity contribution in [3.05, 3.63) is 27.7 Å². The van der Waals surface area contributed by atoms with Gasteiger partial charge in [0.25, 0.3) is 0 Å². The molecule has 0 amide bonds. The monoisotopic (exact) mass is 328 g/mol. The van der Waals surface area contributed by atoms with Crippen LogP contribution in [0.25, 0.3) is 0 Å². The molecule has 2 fully saturated rings. The highest BCUT2D eigenvalue weighted by molar-refractivity contribution is 6.35. The van der Waals surface area contributed by atoms with Crippen molar-refractivity contribution in [3.63, 3.8) is 0 Å². The van der Waals surface area contributed by atoms with Crippen LogP contribution in [-0.4, -0.2) is 47.1 Å². The van der Waals surface area contributed by atoms with Crippen LogP contribution in [0, 0.1) is 0 Å². The van der Waals surface area contributed by atoms with E-state index in [0.29, 0.717) is 16.6 Å². The smallest absolute Gasteiger partial charge is 0.138 e. The molecule has 2 aliphatic rings. The van der Waals surface area contributed by atoms with E-state index in [9.17, 15) is 5.11 Å². The molecule has 1 heterocycles. The molecule has 0 bridgehead atoms. The lowest BCUT2D eigenvalue weighted by Crippen LogP contribution is -2.49. The van der Waals surface area contributed by atoms with E-state index in [0.717, 1.165) is 37.8 Å². The van der Waals surface area contributed by atoms with Crippen LogP contribution in [0.15, 0.2) is 12.1 Å². The number of rotatable bonds is 3. The summed E-state index contributed by atoms with van der Waals surface area (Å²) in [6, 6.07) is 4.20. The number of halogens is 2. The van der Waals surface area contributed by atoms with Crippen molar-refractivity contribution in [2.75, 3.05) is 26.2 Å². The second-order valence-electron chi connectivity index (χ2n) is 6.15. The first-order valence-electron chi connectivity index (χ1n) is 7.77. The van der Waals surface area contributed by atoms with Gasteiger partial charge in [-0.1, -0.05) is 36.0 Å². The van der Waals surface area contributed by atoms with E-state index in [1.54, 1.807) is 6.07 Å². The molecule has 3 rings (SSSR count). The van der Waals surface area contributed by atoms with E-state index in [1.807, 2.05) is 6.07 Å². The number of phenolic OH excluding ortho intramolecular Hbond substituents is 1. The van der Waals surface area contributed by atoms with Gasteiger partial charge < -0.3 is 5.11 Å². The summed E-state index contributed by atoms with van der Waals surface area (Å²) < 4.78 is 0. The number of aromatic hydroxyl groups is 1. The Labute approximate surface area is 136 Å². The van der Waals surface area contributed by atoms with E-state index in [1.165, 1.54) is 25.7 Å². The van der Waals surface area contributed by atoms with Crippen molar-refractivity contribution in [2.45, 2.75) is 38.3 Å². The predicted octanol–water partition coefficient (Wildman–Crippen LogP) is 3.76. The van der Waals surface area contributed by atoms with Crippen molar-refractivity contribution in [3.8, 4) is 5.75 Å². The van der Waals surface area contributed by atoms with Crippen LogP contribution in [0.2, 0.25) is 10.0 Å². The van der Waals surface area contributed by atoms with Gasteiger partial charge in [0.2, 0.25) is 0 Å². The number of hydrogen-bond acceptors (Lipinski definition) is 3. The van der Waals surface area contributed by atoms with Crippen molar-refractivity contribution >= 4 is 23.2 Å². The minimum Gasteiger partial charge on any atom is -0.506 e. The zero-order valence-electron chi connectivity index (χ0n) is 12.2. The predicted molar refractivity (Wildman–Crippen MR) is 87.2 cm³/mol. The molecule has 3 nitrogen and oxygen atoms in total. The first-order chi connectivity index (χ1) is 10.1. The lowest BCUT2D eigenvalue weighted by molar-refractivity contribution is 0.0932. The zero-order valence-corrected chi connectivity index (χ0v) is 13.7. The van der Waals surface area contributed by atoms with Gasteiger partial charge in [-0.05, 0) is 25.0 Å². The maximum atomic E-state index is 10.0. The molecule has 0 radical (unpaired) electrons. The summed E-state index contributed by atoms with van der Waals surface area (Å²) in [6.07, 6.45) is 5.51. The van der Waals surface area contributed by atoms with Crippen molar-refractivity contribution < 1.29 is 5.11 Å². The number of piperazine rings is 1. The van der Waals surface area contributed by atoms with Crippen LogP contribution >= 0.6 is 23.2 Å². The van der Waals surface area contributed by atoms with Crippen molar-refractivity contribution in [1.29, 1.82) is 0 Å². The summed E-state index contributed by atoms with van der Waals surface area (Å²) in [6.45, 7) is 5.05. The quantitative estimate of drug-likeness (QED) is 0.915. The average Bonchev–Trinajstić information content (AvgIpc) is 2.99. The van der Waals surface area contributed by atoms with Gasteiger partial charge in [-0.15, -0.1) is 0 Å². The minimum absolute atomic E-state index is 0.166. The number of hydrogen-bond donors (Lipinski definition) is 1. The fourth-order valence-electron chi connectivity index (χ4n) is 3.54. The SMILES string of the molecule is Oc1c(Cl)cc(Cl)cc1CN1CCN(C2CCCC2)CC1. The lowest BCUT2D eigenvalue weighted by atomic mass is 10.1. The summed E-state index contributed by atoms with van der Waals surface area (Å²) in [5.74, 6) is 0.166.